The van der Waals surface area contributed by atoms with Crippen molar-refractivity contribution in [3.63, 3.8) is 0 Å². The highest BCUT2D eigenvalue weighted by molar-refractivity contribution is 9.10. The fraction of sp³-hybridized carbons (Fsp3) is 0.0769. The van der Waals surface area contributed by atoms with Crippen molar-refractivity contribution in [1.29, 1.82) is 0 Å². The first-order valence-corrected chi connectivity index (χ1v) is 6.78. The molecule has 0 amide bonds. The van der Waals surface area contributed by atoms with E-state index in [0.717, 1.165) is 0 Å². The van der Waals surface area contributed by atoms with E-state index in [0.29, 0.717) is 32.6 Å². The van der Waals surface area contributed by atoms with Gasteiger partial charge in [-0.1, -0.05) is 16.8 Å². The Morgan fingerprint density at radius 2 is 2.10 bits per heavy atom. The average molecular weight is 356 g/mol. The minimum absolute atomic E-state index is 0.285. The molecule has 0 saturated carbocycles. The lowest BCUT2D eigenvalue weighted by molar-refractivity contribution is 0.409. The van der Waals surface area contributed by atoms with Gasteiger partial charge < -0.3 is 13.7 Å². The summed E-state index contributed by atoms with van der Waals surface area (Å²) in [6, 6.07) is 8.68. The van der Waals surface area contributed by atoms with E-state index >= 15 is 0 Å². The number of furan rings is 1. The Morgan fingerprint density at radius 3 is 2.80 bits per heavy atom. The molecule has 1 aromatic carbocycles. The van der Waals surface area contributed by atoms with Crippen LogP contribution in [0.3, 0.4) is 0 Å². The van der Waals surface area contributed by atoms with Crippen molar-refractivity contribution < 1.29 is 13.7 Å². The van der Waals surface area contributed by atoms with Crippen LogP contribution in [-0.4, -0.2) is 17.3 Å². The molecule has 0 saturated heterocycles. The maximum atomic E-state index is 5.98. The molecule has 0 N–H and O–H groups in total. The zero-order chi connectivity index (χ0) is 14.1. The van der Waals surface area contributed by atoms with Crippen molar-refractivity contribution >= 4 is 27.5 Å². The topological polar surface area (TPSA) is 61.3 Å². The second kappa shape index (κ2) is 5.30. The second-order valence-corrected chi connectivity index (χ2v) is 5.09. The van der Waals surface area contributed by atoms with Gasteiger partial charge >= 0.3 is 0 Å². The number of nitrogens with zero attached hydrogens (tertiary/aromatic N) is 2. The largest absolute Gasteiger partial charge is 0.496 e. The van der Waals surface area contributed by atoms with Crippen LogP contribution in [0, 0.1) is 0 Å². The lowest BCUT2D eigenvalue weighted by Gasteiger charge is -2.04. The van der Waals surface area contributed by atoms with Crippen molar-refractivity contribution in [3.8, 4) is 28.8 Å². The number of hydrogen-bond acceptors (Lipinski definition) is 5. The molecule has 7 heteroatoms. The SMILES string of the molecule is COc1ccc(Cl)cc1-c1noc(-c2ccc(Br)o2)n1. The van der Waals surface area contributed by atoms with E-state index in [2.05, 4.69) is 26.1 Å². The quantitative estimate of drug-likeness (QED) is 0.696. The van der Waals surface area contributed by atoms with E-state index in [-0.39, 0.29) is 5.89 Å². The van der Waals surface area contributed by atoms with Gasteiger partial charge in [-0.05, 0) is 46.3 Å². The van der Waals surface area contributed by atoms with Gasteiger partial charge in [0, 0.05) is 5.02 Å². The molecular weight excluding hydrogens is 348 g/mol. The smallest absolute Gasteiger partial charge is 0.293 e. The van der Waals surface area contributed by atoms with E-state index < -0.39 is 0 Å². The van der Waals surface area contributed by atoms with Crippen LogP contribution >= 0.6 is 27.5 Å². The van der Waals surface area contributed by atoms with Crippen LogP contribution < -0.4 is 4.74 Å². The highest BCUT2D eigenvalue weighted by Gasteiger charge is 2.16. The Kier molecular flexibility index (Phi) is 3.50. The first-order valence-electron chi connectivity index (χ1n) is 5.60. The maximum Gasteiger partial charge on any atom is 0.293 e. The number of benzene rings is 1. The van der Waals surface area contributed by atoms with Gasteiger partial charge in [-0.15, -0.1) is 0 Å². The van der Waals surface area contributed by atoms with E-state index in [9.17, 15) is 0 Å². The summed E-state index contributed by atoms with van der Waals surface area (Å²) >= 11 is 9.20. The highest BCUT2D eigenvalue weighted by atomic mass is 79.9. The number of aromatic nitrogens is 2. The van der Waals surface area contributed by atoms with Gasteiger partial charge in [-0.25, -0.2) is 0 Å². The van der Waals surface area contributed by atoms with Gasteiger partial charge in [0.15, 0.2) is 10.4 Å². The summed E-state index contributed by atoms with van der Waals surface area (Å²) in [6.07, 6.45) is 0. The average Bonchev–Trinajstić information content (AvgIpc) is 3.07. The number of ether oxygens (including phenoxy) is 1. The standard InChI is InChI=1S/C13H8BrClN2O3/c1-18-9-3-2-7(15)6-8(9)12-16-13(20-17-12)10-4-5-11(14)19-10/h2-6H,1H3. The lowest BCUT2D eigenvalue weighted by Crippen LogP contribution is -1.89. The Balaban J connectivity index is 2.04. The third-order valence-electron chi connectivity index (χ3n) is 2.61. The van der Waals surface area contributed by atoms with Crippen molar-refractivity contribution in [3.05, 3.63) is 40.0 Å². The van der Waals surface area contributed by atoms with Gasteiger partial charge in [0.2, 0.25) is 5.82 Å². The van der Waals surface area contributed by atoms with Crippen molar-refractivity contribution in [1.82, 2.24) is 10.1 Å². The van der Waals surface area contributed by atoms with Crippen LogP contribution in [-0.2, 0) is 0 Å². The molecule has 2 heterocycles. The third-order valence-corrected chi connectivity index (χ3v) is 3.27. The summed E-state index contributed by atoms with van der Waals surface area (Å²) in [5, 5.41) is 4.48. The third kappa shape index (κ3) is 2.44. The van der Waals surface area contributed by atoms with Crippen LogP contribution in [0.25, 0.3) is 23.0 Å². The summed E-state index contributed by atoms with van der Waals surface area (Å²) in [4.78, 5) is 4.28. The number of methoxy groups -OCH3 is 1. The molecule has 0 bridgehead atoms. The molecule has 5 nitrogen and oxygen atoms in total. The van der Waals surface area contributed by atoms with E-state index in [1.54, 1.807) is 37.4 Å². The van der Waals surface area contributed by atoms with E-state index in [1.807, 2.05) is 0 Å². The molecule has 0 aliphatic carbocycles. The zero-order valence-electron chi connectivity index (χ0n) is 10.3. The number of halogens is 2. The molecular formula is C13H8BrClN2O3. The van der Waals surface area contributed by atoms with E-state index in [1.165, 1.54) is 0 Å². The Labute approximate surface area is 127 Å². The zero-order valence-corrected chi connectivity index (χ0v) is 12.6. The van der Waals surface area contributed by atoms with Crippen LogP contribution in [0.2, 0.25) is 5.02 Å². The molecule has 2 aromatic heterocycles. The summed E-state index contributed by atoms with van der Waals surface area (Å²) in [7, 11) is 1.57. The first-order chi connectivity index (χ1) is 9.67. The first kappa shape index (κ1) is 13.2. The van der Waals surface area contributed by atoms with Crippen LogP contribution in [0.15, 0.2) is 43.9 Å². The molecule has 0 aliphatic heterocycles. The van der Waals surface area contributed by atoms with Crippen LogP contribution in [0.4, 0.5) is 0 Å². The minimum atomic E-state index is 0.285. The number of rotatable bonds is 3. The van der Waals surface area contributed by atoms with Gasteiger partial charge in [0.25, 0.3) is 5.89 Å². The lowest BCUT2D eigenvalue weighted by atomic mass is 10.2. The Hall–Kier alpha value is -1.79. The monoisotopic (exact) mass is 354 g/mol. The van der Waals surface area contributed by atoms with Crippen LogP contribution in [0.5, 0.6) is 5.75 Å². The molecule has 0 atom stereocenters. The highest BCUT2D eigenvalue weighted by Crippen LogP contribution is 2.32. The molecule has 102 valence electrons. The predicted octanol–water partition coefficient (Wildman–Crippen LogP) is 4.42. The Morgan fingerprint density at radius 1 is 1.25 bits per heavy atom. The fourth-order valence-corrected chi connectivity index (χ4v) is 2.20. The molecule has 0 fully saturated rings. The molecule has 20 heavy (non-hydrogen) atoms. The van der Waals surface area contributed by atoms with E-state index in [4.69, 9.17) is 25.3 Å². The second-order valence-electron chi connectivity index (χ2n) is 3.87. The molecule has 0 radical (unpaired) electrons. The van der Waals surface area contributed by atoms with Crippen LogP contribution in [0.1, 0.15) is 0 Å². The van der Waals surface area contributed by atoms with Crippen molar-refractivity contribution in [2.45, 2.75) is 0 Å². The van der Waals surface area contributed by atoms with Crippen molar-refractivity contribution in [2.75, 3.05) is 7.11 Å². The Bertz CT molecular complexity index is 754. The molecule has 3 rings (SSSR count). The summed E-state index contributed by atoms with van der Waals surface area (Å²) in [5.74, 6) is 1.76. The number of hydrogen-bond donors (Lipinski definition) is 0. The minimum Gasteiger partial charge on any atom is -0.496 e. The fourth-order valence-electron chi connectivity index (χ4n) is 1.72. The molecule has 3 aromatic rings. The molecule has 0 unspecified atom stereocenters. The maximum absolute atomic E-state index is 5.98. The molecule has 0 spiro atoms. The normalized spacial score (nSPS) is 10.8. The van der Waals surface area contributed by atoms with Gasteiger partial charge in [-0.3, -0.25) is 0 Å². The predicted molar refractivity (Wildman–Crippen MR) is 76.7 cm³/mol. The summed E-state index contributed by atoms with van der Waals surface area (Å²) < 4.78 is 16.4. The summed E-state index contributed by atoms with van der Waals surface area (Å²) in [5.41, 5.74) is 0.653. The summed E-state index contributed by atoms with van der Waals surface area (Å²) in [6.45, 7) is 0. The van der Waals surface area contributed by atoms with Gasteiger partial charge in [0.1, 0.15) is 5.75 Å². The molecule has 0 aliphatic rings. The van der Waals surface area contributed by atoms with Gasteiger partial charge in [-0.2, -0.15) is 4.98 Å². The van der Waals surface area contributed by atoms with Gasteiger partial charge in [0.05, 0.1) is 12.7 Å². The van der Waals surface area contributed by atoms with Crippen molar-refractivity contribution in [2.24, 2.45) is 0 Å².